The van der Waals surface area contributed by atoms with Gasteiger partial charge in [0.15, 0.2) is 0 Å². The fraction of sp³-hybridized carbons (Fsp3) is 0.394. The van der Waals surface area contributed by atoms with Crippen LogP contribution in [0.25, 0.3) is 0 Å². The molecule has 1 aliphatic rings. The first kappa shape index (κ1) is 31.8. The topological polar surface area (TPSA) is 86.8 Å². The second-order valence-corrected chi connectivity index (χ2v) is 13.9. The van der Waals surface area contributed by atoms with E-state index in [9.17, 15) is 18.0 Å². The zero-order chi connectivity index (χ0) is 30.3. The van der Waals surface area contributed by atoms with Crippen molar-refractivity contribution < 1.29 is 18.0 Å². The van der Waals surface area contributed by atoms with Crippen molar-refractivity contribution in [2.24, 2.45) is 0 Å². The van der Waals surface area contributed by atoms with Gasteiger partial charge in [-0.2, -0.15) is 0 Å². The number of nitrogens with one attached hydrogen (secondary N) is 1. The predicted octanol–water partition coefficient (Wildman–Crippen LogP) is 6.52. The molecule has 9 heteroatoms. The molecule has 42 heavy (non-hydrogen) atoms. The minimum absolute atomic E-state index is 0.0909. The number of nitrogens with zero attached hydrogens (tertiary/aromatic N) is 2. The van der Waals surface area contributed by atoms with E-state index in [-0.39, 0.29) is 23.4 Å². The van der Waals surface area contributed by atoms with Crippen molar-refractivity contribution in [2.45, 2.75) is 82.8 Å². The third kappa shape index (κ3) is 8.01. The van der Waals surface area contributed by atoms with Crippen LogP contribution in [-0.2, 0) is 26.2 Å². The lowest BCUT2D eigenvalue weighted by molar-refractivity contribution is -0.140. The van der Waals surface area contributed by atoms with Gasteiger partial charge in [-0.15, -0.1) is 0 Å². The quantitative estimate of drug-likeness (QED) is 0.255. The van der Waals surface area contributed by atoms with E-state index in [2.05, 4.69) is 21.2 Å². The van der Waals surface area contributed by atoms with Gasteiger partial charge in [-0.25, -0.2) is 8.42 Å². The highest BCUT2D eigenvalue weighted by Crippen LogP contribution is 2.28. The summed E-state index contributed by atoms with van der Waals surface area (Å²) in [6.07, 6.45) is 5.58. The van der Waals surface area contributed by atoms with Gasteiger partial charge in [0.2, 0.25) is 11.8 Å². The zero-order valence-electron chi connectivity index (χ0n) is 24.6. The molecule has 1 fully saturated rings. The molecule has 0 aliphatic heterocycles. The van der Waals surface area contributed by atoms with Crippen LogP contribution in [0.5, 0.6) is 0 Å². The number of aryl methyl sites for hydroxylation is 2. The van der Waals surface area contributed by atoms with Gasteiger partial charge in [-0.3, -0.25) is 13.9 Å². The third-order valence-corrected chi connectivity index (χ3v) is 10.0. The molecule has 4 rings (SSSR count). The van der Waals surface area contributed by atoms with Crippen LogP contribution in [0.4, 0.5) is 5.69 Å². The van der Waals surface area contributed by atoms with Crippen LogP contribution in [0.15, 0.2) is 82.2 Å². The molecule has 0 radical (unpaired) electrons. The second-order valence-electron chi connectivity index (χ2n) is 11.1. The van der Waals surface area contributed by atoms with Crippen molar-refractivity contribution >= 4 is 43.5 Å². The fourth-order valence-electron chi connectivity index (χ4n) is 5.47. The van der Waals surface area contributed by atoms with Gasteiger partial charge in [-0.05, 0) is 69.0 Å². The molecule has 1 aliphatic carbocycles. The lowest BCUT2D eigenvalue weighted by atomic mass is 9.95. The first-order chi connectivity index (χ1) is 20.1. The Labute approximate surface area is 258 Å². The van der Waals surface area contributed by atoms with E-state index >= 15 is 0 Å². The molecule has 1 atom stereocenters. The van der Waals surface area contributed by atoms with E-state index in [1.165, 1.54) is 6.42 Å². The third-order valence-electron chi connectivity index (χ3n) is 7.76. The maximum atomic E-state index is 14.3. The summed E-state index contributed by atoms with van der Waals surface area (Å²) in [6.45, 7) is 5.49. The monoisotopic (exact) mass is 653 g/mol. The number of sulfonamides is 1. The molecule has 0 heterocycles. The van der Waals surface area contributed by atoms with Crippen molar-refractivity contribution in [2.75, 3.05) is 10.8 Å². The Hall–Kier alpha value is -3.17. The number of hydrogen-bond acceptors (Lipinski definition) is 4. The minimum atomic E-state index is -4.11. The molecule has 0 bridgehead atoms. The normalized spacial score (nSPS) is 14.7. The highest BCUT2D eigenvalue weighted by molar-refractivity contribution is 9.10. The van der Waals surface area contributed by atoms with Crippen molar-refractivity contribution in [3.63, 3.8) is 0 Å². The van der Waals surface area contributed by atoms with Crippen LogP contribution in [0.1, 0.15) is 62.1 Å². The van der Waals surface area contributed by atoms with Gasteiger partial charge in [0.05, 0.1) is 10.6 Å². The highest BCUT2D eigenvalue weighted by Gasteiger charge is 2.34. The molecule has 2 amide bonds. The van der Waals surface area contributed by atoms with Crippen LogP contribution in [0.3, 0.4) is 0 Å². The SMILES string of the molecule is CC[C@H](C(=O)NC1CCCCC1)N(Cc1cccc(C)c1)C(=O)CN(c1cccc(Br)c1)S(=O)(=O)c1ccc(C)cc1. The molecule has 224 valence electrons. The zero-order valence-corrected chi connectivity index (χ0v) is 27.0. The summed E-state index contributed by atoms with van der Waals surface area (Å²) < 4.78 is 29.9. The maximum absolute atomic E-state index is 14.3. The number of benzene rings is 3. The van der Waals surface area contributed by atoms with Crippen molar-refractivity contribution in [1.29, 1.82) is 0 Å². The molecule has 0 saturated heterocycles. The Morgan fingerprint density at radius 2 is 1.62 bits per heavy atom. The molecule has 0 aromatic heterocycles. The van der Waals surface area contributed by atoms with E-state index < -0.39 is 28.5 Å². The van der Waals surface area contributed by atoms with Crippen LogP contribution >= 0.6 is 15.9 Å². The molecule has 1 N–H and O–H groups in total. The average molecular weight is 655 g/mol. The molecule has 3 aromatic rings. The van der Waals surface area contributed by atoms with Crippen molar-refractivity contribution in [3.05, 3.63) is 94.0 Å². The van der Waals surface area contributed by atoms with Gasteiger partial charge >= 0.3 is 0 Å². The number of halogens is 1. The Morgan fingerprint density at radius 1 is 0.929 bits per heavy atom. The summed E-state index contributed by atoms with van der Waals surface area (Å²) >= 11 is 3.44. The van der Waals surface area contributed by atoms with E-state index in [1.807, 2.05) is 45.0 Å². The summed E-state index contributed by atoms with van der Waals surface area (Å²) in [4.78, 5) is 29.5. The first-order valence-corrected chi connectivity index (χ1v) is 16.8. The molecule has 0 spiro atoms. The van der Waals surface area contributed by atoms with Gasteiger partial charge in [0.25, 0.3) is 10.0 Å². The van der Waals surface area contributed by atoms with Gasteiger partial charge in [0, 0.05) is 17.1 Å². The molecule has 0 unspecified atom stereocenters. The second kappa shape index (κ2) is 14.3. The fourth-order valence-corrected chi connectivity index (χ4v) is 7.26. The van der Waals surface area contributed by atoms with Gasteiger partial charge < -0.3 is 10.2 Å². The largest absolute Gasteiger partial charge is 0.352 e. The van der Waals surface area contributed by atoms with Crippen molar-refractivity contribution in [1.82, 2.24) is 10.2 Å². The summed E-state index contributed by atoms with van der Waals surface area (Å²) in [5.74, 6) is -0.640. The maximum Gasteiger partial charge on any atom is 0.264 e. The predicted molar refractivity (Wildman–Crippen MR) is 171 cm³/mol. The van der Waals surface area contributed by atoms with Gasteiger partial charge in [0.1, 0.15) is 12.6 Å². The Kier molecular flexibility index (Phi) is 10.8. The summed E-state index contributed by atoms with van der Waals surface area (Å²) in [5.41, 5.74) is 3.20. The average Bonchev–Trinajstić information content (AvgIpc) is 2.96. The summed E-state index contributed by atoms with van der Waals surface area (Å²) in [7, 11) is -4.11. The van der Waals surface area contributed by atoms with Crippen LogP contribution in [-0.4, -0.2) is 43.8 Å². The van der Waals surface area contributed by atoms with Crippen LogP contribution < -0.4 is 9.62 Å². The number of anilines is 1. The van der Waals surface area contributed by atoms with Gasteiger partial charge in [-0.1, -0.05) is 95.7 Å². The van der Waals surface area contributed by atoms with E-state index in [1.54, 1.807) is 53.4 Å². The highest BCUT2D eigenvalue weighted by atomic mass is 79.9. The van der Waals surface area contributed by atoms with E-state index in [4.69, 9.17) is 0 Å². The number of amides is 2. The Bertz CT molecular complexity index is 1490. The summed E-state index contributed by atoms with van der Waals surface area (Å²) in [6, 6.07) is 20.6. The number of hydrogen-bond donors (Lipinski definition) is 1. The Balaban J connectivity index is 1.71. The molecule has 3 aromatic carbocycles. The van der Waals surface area contributed by atoms with E-state index in [0.29, 0.717) is 16.6 Å². The van der Waals surface area contributed by atoms with Crippen LogP contribution in [0.2, 0.25) is 0 Å². The standard InChI is InChI=1S/C33H40BrN3O4S/c1-4-31(33(39)35-28-13-6-5-7-14-28)36(22-26-11-8-10-25(3)20-26)32(38)23-37(29-15-9-12-27(34)21-29)42(40,41)30-18-16-24(2)17-19-30/h8-12,15-21,28,31H,4-7,13-14,22-23H2,1-3H3,(H,35,39)/t31-/m1/s1. The van der Waals surface area contributed by atoms with Crippen molar-refractivity contribution in [3.8, 4) is 0 Å². The van der Waals surface area contributed by atoms with E-state index in [0.717, 1.165) is 46.7 Å². The minimum Gasteiger partial charge on any atom is -0.352 e. The molecule has 1 saturated carbocycles. The lowest BCUT2D eigenvalue weighted by Gasteiger charge is -2.34. The Morgan fingerprint density at radius 3 is 2.26 bits per heavy atom. The lowest BCUT2D eigenvalue weighted by Crippen LogP contribution is -2.54. The summed E-state index contributed by atoms with van der Waals surface area (Å²) in [5, 5.41) is 3.19. The number of rotatable bonds is 11. The molecular formula is C33H40BrN3O4S. The smallest absolute Gasteiger partial charge is 0.264 e. The molecule has 7 nitrogen and oxygen atoms in total. The number of carbonyl (C=O) groups excluding carboxylic acids is 2. The first-order valence-electron chi connectivity index (χ1n) is 14.6. The molecular weight excluding hydrogens is 614 g/mol. The van der Waals surface area contributed by atoms with Crippen LogP contribution in [0, 0.1) is 13.8 Å². The number of carbonyl (C=O) groups is 2.